The molecular formula is C10H18N2O3. The fourth-order valence-electron chi connectivity index (χ4n) is 1.69. The van der Waals surface area contributed by atoms with Crippen LogP contribution in [0.5, 0.6) is 0 Å². The summed E-state index contributed by atoms with van der Waals surface area (Å²) in [7, 11) is 0. The van der Waals surface area contributed by atoms with Crippen molar-refractivity contribution in [3.8, 4) is 0 Å². The Kier molecular flexibility index (Phi) is 4.55. The number of aliphatic carboxylic acids is 1. The fourth-order valence-corrected chi connectivity index (χ4v) is 1.69. The molecule has 0 aliphatic carbocycles. The summed E-state index contributed by atoms with van der Waals surface area (Å²) < 4.78 is 0. The number of carbonyl (C=O) groups is 2. The van der Waals surface area contributed by atoms with Gasteiger partial charge in [0.2, 0.25) is 5.91 Å². The van der Waals surface area contributed by atoms with Gasteiger partial charge in [-0.05, 0) is 19.8 Å². The highest BCUT2D eigenvalue weighted by Gasteiger charge is 2.22. The summed E-state index contributed by atoms with van der Waals surface area (Å²) in [4.78, 5) is 23.8. The predicted octanol–water partition coefficient (Wildman–Crippen LogP) is 0.0616. The van der Waals surface area contributed by atoms with Crippen LogP contribution in [0.15, 0.2) is 0 Å². The fraction of sp³-hybridized carbons (Fsp3) is 0.800. The molecule has 15 heavy (non-hydrogen) atoms. The van der Waals surface area contributed by atoms with Crippen molar-refractivity contribution in [2.24, 2.45) is 0 Å². The van der Waals surface area contributed by atoms with E-state index in [0.29, 0.717) is 6.54 Å². The summed E-state index contributed by atoms with van der Waals surface area (Å²) in [6.07, 6.45) is 2.21. The van der Waals surface area contributed by atoms with Crippen molar-refractivity contribution < 1.29 is 14.7 Å². The van der Waals surface area contributed by atoms with Gasteiger partial charge in [0.05, 0.1) is 12.5 Å². The Balaban J connectivity index is 2.23. The molecule has 86 valence electrons. The standard InChI is InChI=1S/C10H18N2O3/c1-8(11-5-4-9(13)14)10(15)12-6-2-3-7-12/h8,11H,2-7H2,1H3,(H,13,14). The number of hydrogen-bond acceptors (Lipinski definition) is 3. The van der Waals surface area contributed by atoms with Crippen LogP contribution < -0.4 is 5.32 Å². The number of hydrogen-bond donors (Lipinski definition) is 2. The molecule has 0 aromatic carbocycles. The lowest BCUT2D eigenvalue weighted by molar-refractivity contribution is -0.137. The van der Waals surface area contributed by atoms with Gasteiger partial charge in [0.15, 0.2) is 0 Å². The molecule has 5 nitrogen and oxygen atoms in total. The monoisotopic (exact) mass is 214 g/mol. The molecule has 0 spiro atoms. The third-order valence-corrected chi connectivity index (χ3v) is 2.58. The first kappa shape index (κ1) is 12.0. The summed E-state index contributed by atoms with van der Waals surface area (Å²) in [5.41, 5.74) is 0. The van der Waals surface area contributed by atoms with E-state index in [1.807, 2.05) is 4.90 Å². The Morgan fingerprint density at radius 2 is 2.00 bits per heavy atom. The van der Waals surface area contributed by atoms with E-state index >= 15 is 0 Å². The van der Waals surface area contributed by atoms with E-state index < -0.39 is 5.97 Å². The maximum Gasteiger partial charge on any atom is 0.304 e. The summed E-state index contributed by atoms with van der Waals surface area (Å²) in [6.45, 7) is 3.80. The minimum atomic E-state index is -0.844. The molecule has 1 atom stereocenters. The van der Waals surface area contributed by atoms with Crippen LogP contribution in [0.25, 0.3) is 0 Å². The van der Waals surface area contributed by atoms with Crippen LogP contribution in [-0.4, -0.2) is 47.6 Å². The molecule has 1 unspecified atom stereocenters. The number of amides is 1. The van der Waals surface area contributed by atoms with Crippen LogP contribution in [0.1, 0.15) is 26.2 Å². The Bertz CT molecular complexity index is 237. The highest BCUT2D eigenvalue weighted by Crippen LogP contribution is 2.08. The zero-order valence-corrected chi connectivity index (χ0v) is 9.03. The van der Waals surface area contributed by atoms with Gasteiger partial charge >= 0.3 is 5.97 Å². The van der Waals surface area contributed by atoms with Gasteiger partial charge in [-0.1, -0.05) is 0 Å². The number of nitrogens with one attached hydrogen (secondary N) is 1. The molecule has 1 heterocycles. The molecule has 0 bridgehead atoms. The van der Waals surface area contributed by atoms with E-state index in [1.165, 1.54) is 0 Å². The zero-order valence-electron chi connectivity index (χ0n) is 9.03. The molecule has 0 aromatic heterocycles. The predicted molar refractivity (Wildman–Crippen MR) is 55.5 cm³/mol. The molecule has 1 fully saturated rings. The Labute approximate surface area is 89.4 Å². The van der Waals surface area contributed by atoms with E-state index in [2.05, 4.69) is 5.32 Å². The van der Waals surface area contributed by atoms with Gasteiger partial charge in [-0.15, -0.1) is 0 Å². The van der Waals surface area contributed by atoms with Gasteiger partial charge in [-0.2, -0.15) is 0 Å². The van der Waals surface area contributed by atoms with E-state index in [1.54, 1.807) is 6.92 Å². The van der Waals surface area contributed by atoms with Crippen molar-refractivity contribution in [2.75, 3.05) is 19.6 Å². The summed E-state index contributed by atoms with van der Waals surface area (Å²) in [6, 6.07) is -0.276. The minimum absolute atomic E-state index is 0.0532. The number of carbonyl (C=O) groups excluding carboxylic acids is 1. The highest BCUT2D eigenvalue weighted by atomic mass is 16.4. The van der Waals surface area contributed by atoms with Crippen molar-refractivity contribution >= 4 is 11.9 Å². The van der Waals surface area contributed by atoms with Crippen molar-refractivity contribution in [1.29, 1.82) is 0 Å². The zero-order chi connectivity index (χ0) is 11.3. The minimum Gasteiger partial charge on any atom is -0.481 e. The van der Waals surface area contributed by atoms with E-state index in [4.69, 9.17) is 5.11 Å². The summed E-state index contributed by atoms with van der Waals surface area (Å²) in [5.74, 6) is -0.763. The van der Waals surface area contributed by atoms with Crippen LogP contribution in [-0.2, 0) is 9.59 Å². The molecule has 1 aliphatic heterocycles. The van der Waals surface area contributed by atoms with Crippen molar-refractivity contribution in [3.63, 3.8) is 0 Å². The summed E-state index contributed by atoms with van der Waals surface area (Å²) in [5, 5.41) is 11.4. The number of carboxylic acid groups (broad SMARTS) is 1. The van der Waals surface area contributed by atoms with Crippen LogP contribution in [0.3, 0.4) is 0 Å². The van der Waals surface area contributed by atoms with E-state index in [0.717, 1.165) is 25.9 Å². The average molecular weight is 214 g/mol. The summed E-state index contributed by atoms with van der Waals surface area (Å²) >= 11 is 0. The molecule has 5 heteroatoms. The maximum absolute atomic E-state index is 11.7. The normalized spacial score (nSPS) is 17.8. The second kappa shape index (κ2) is 5.70. The molecule has 2 N–H and O–H groups in total. The van der Waals surface area contributed by atoms with Crippen LogP contribution >= 0.6 is 0 Å². The largest absolute Gasteiger partial charge is 0.481 e. The molecule has 1 aliphatic rings. The quantitative estimate of drug-likeness (QED) is 0.679. The third-order valence-electron chi connectivity index (χ3n) is 2.58. The number of likely N-dealkylation sites (tertiary alicyclic amines) is 1. The number of carboxylic acids is 1. The third kappa shape index (κ3) is 3.87. The molecule has 1 saturated heterocycles. The van der Waals surface area contributed by atoms with Crippen LogP contribution in [0.4, 0.5) is 0 Å². The van der Waals surface area contributed by atoms with Crippen LogP contribution in [0, 0.1) is 0 Å². The molecule has 1 rings (SSSR count). The van der Waals surface area contributed by atoms with E-state index in [9.17, 15) is 9.59 Å². The average Bonchev–Trinajstić information content (AvgIpc) is 2.68. The van der Waals surface area contributed by atoms with Gasteiger partial charge in [-0.25, -0.2) is 0 Å². The molecule has 1 amide bonds. The lowest BCUT2D eigenvalue weighted by Crippen LogP contribution is -2.44. The first-order valence-electron chi connectivity index (χ1n) is 5.35. The number of nitrogens with zero attached hydrogens (tertiary/aromatic N) is 1. The van der Waals surface area contributed by atoms with E-state index in [-0.39, 0.29) is 18.4 Å². The maximum atomic E-state index is 11.7. The van der Waals surface area contributed by atoms with Gasteiger partial charge in [0, 0.05) is 19.6 Å². The molecule has 0 aromatic rings. The molecular weight excluding hydrogens is 196 g/mol. The van der Waals surface area contributed by atoms with Crippen molar-refractivity contribution in [2.45, 2.75) is 32.2 Å². The second-order valence-electron chi connectivity index (χ2n) is 3.85. The first-order valence-corrected chi connectivity index (χ1v) is 5.35. The molecule has 0 radical (unpaired) electrons. The highest BCUT2D eigenvalue weighted by molar-refractivity contribution is 5.81. The van der Waals surface area contributed by atoms with Crippen LogP contribution in [0.2, 0.25) is 0 Å². The Morgan fingerprint density at radius 3 is 2.53 bits per heavy atom. The van der Waals surface area contributed by atoms with Crippen molar-refractivity contribution in [3.05, 3.63) is 0 Å². The number of rotatable bonds is 5. The Morgan fingerprint density at radius 1 is 1.40 bits per heavy atom. The van der Waals surface area contributed by atoms with Gasteiger partial charge in [0.1, 0.15) is 0 Å². The second-order valence-corrected chi connectivity index (χ2v) is 3.85. The topological polar surface area (TPSA) is 69.6 Å². The lowest BCUT2D eigenvalue weighted by Gasteiger charge is -2.20. The van der Waals surface area contributed by atoms with Gasteiger partial charge in [0.25, 0.3) is 0 Å². The first-order chi connectivity index (χ1) is 7.11. The smallest absolute Gasteiger partial charge is 0.304 e. The van der Waals surface area contributed by atoms with Gasteiger partial charge < -0.3 is 15.3 Å². The van der Waals surface area contributed by atoms with Gasteiger partial charge in [-0.3, -0.25) is 9.59 Å². The van der Waals surface area contributed by atoms with Crippen molar-refractivity contribution in [1.82, 2.24) is 10.2 Å². The lowest BCUT2D eigenvalue weighted by atomic mass is 10.3. The SMILES string of the molecule is CC(NCCC(=O)O)C(=O)N1CCCC1. The molecule has 0 saturated carbocycles. The Hall–Kier alpha value is -1.10.